The lowest BCUT2D eigenvalue weighted by Gasteiger charge is -1.71. The van der Waals surface area contributed by atoms with Gasteiger partial charge in [0.25, 0.3) is 0 Å². The van der Waals surface area contributed by atoms with Gasteiger partial charge in [-0.2, -0.15) is 0 Å². The van der Waals surface area contributed by atoms with E-state index in [1.54, 1.807) is 0 Å². The lowest BCUT2D eigenvalue weighted by atomic mass is 11.2. The molecule has 1 radical (unpaired) electrons. The van der Waals surface area contributed by atoms with E-state index in [0.29, 0.717) is 0 Å². The first-order valence-electron chi connectivity index (χ1n) is 2.17. The van der Waals surface area contributed by atoms with Crippen molar-refractivity contribution < 1.29 is 0 Å². The molecule has 6 nitrogen and oxygen atoms in total. The van der Waals surface area contributed by atoms with Gasteiger partial charge >= 0.3 is 0 Å². The molecular weight excluding hydrogens is 184 g/mol. The molecule has 55 valence electrons. The number of thiocarbonyl (C=S) groups is 2. The second-order valence-corrected chi connectivity index (χ2v) is 1.27. The van der Waals surface area contributed by atoms with Crippen molar-refractivity contribution in [3.8, 4) is 0 Å². The van der Waals surface area contributed by atoms with Crippen LogP contribution in [0, 0.1) is 6.67 Å². The molecule has 0 saturated heterocycles. The van der Waals surface area contributed by atoms with Crippen LogP contribution in [0.15, 0.2) is 30.9 Å². The van der Waals surface area contributed by atoms with E-state index in [1.165, 1.54) is 0 Å². The van der Waals surface area contributed by atoms with Crippen LogP contribution >= 0.6 is 24.4 Å². The lowest BCUT2D eigenvalue weighted by molar-refractivity contribution is 0.925. The van der Waals surface area contributed by atoms with Gasteiger partial charge in [-0.3, -0.25) is 0 Å². The molecule has 0 amide bonds. The fraction of sp³-hybridized carbons (Fsp3) is 0. The SMILES string of the molecule is S=C=NN=N[CH]N=NN=C=S. The summed E-state index contributed by atoms with van der Waals surface area (Å²) in [7, 11) is 0. The van der Waals surface area contributed by atoms with Crippen LogP contribution in [0.1, 0.15) is 0 Å². The summed E-state index contributed by atoms with van der Waals surface area (Å²) in [4.78, 5) is 0. The van der Waals surface area contributed by atoms with Crippen molar-refractivity contribution in [2.45, 2.75) is 0 Å². The Kier molecular flexibility index (Phi) is 7.84. The van der Waals surface area contributed by atoms with Crippen molar-refractivity contribution in [1.29, 1.82) is 0 Å². The summed E-state index contributed by atoms with van der Waals surface area (Å²) in [5.41, 5.74) is 0. The Morgan fingerprint density at radius 3 is 1.73 bits per heavy atom. The van der Waals surface area contributed by atoms with Crippen LogP contribution in [0.2, 0.25) is 0 Å². The zero-order valence-corrected chi connectivity index (χ0v) is 6.71. The maximum absolute atomic E-state index is 4.19. The van der Waals surface area contributed by atoms with Gasteiger partial charge in [0, 0.05) is 0 Å². The quantitative estimate of drug-likeness (QED) is 0.291. The first kappa shape index (κ1) is 9.80. The molecule has 0 bridgehead atoms. The minimum atomic E-state index is 1.02. The van der Waals surface area contributed by atoms with Crippen molar-refractivity contribution >= 4 is 34.8 Å². The van der Waals surface area contributed by atoms with E-state index >= 15 is 0 Å². The van der Waals surface area contributed by atoms with Gasteiger partial charge in [0.1, 0.15) is 0 Å². The predicted octanol–water partition coefficient (Wildman–Crippen LogP) is 2.05. The van der Waals surface area contributed by atoms with Crippen molar-refractivity contribution in [2.24, 2.45) is 30.9 Å². The van der Waals surface area contributed by atoms with Gasteiger partial charge in [-0.15, -0.1) is 10.2 Å². The molecule has 0 atom stereocenters. The van der Waals surface area contributed by atoms with Crippen LogP contribution in [0.5, 0.6) is 0 Å². The molecule has 0 N–H and O–H groups in total. The number of isothiocyanates is 2. The molecule has 8 heteroatoms. The fourth-order valence-electron chi connectivity index (χ4n) is 0.157. The van der Waals surface area contributed by atoms with E-state index in [0.717, 1.165) is 6.67 Å². The number of hydrogen-bond acceptors (Lipinski definition) is 6. The van der Waals surface area contributed by atoms with Gasteiger partial charge in [-0.1, -0.05) is 10.2 Å². The Hall–Kier alpha value is -1.20. The Bertz CT molecular complexity index is 219. The Balaban J connectivity index is 3.55. The zero-order chi connectivity index (χ0) is 8.36. The van der Waals surface area contributed by atoms with Crippen LogP contribution in [0.25, 0.3) is 0 Å². The molecule has 0 aromatic carbocycles. The van der Waals surface area contributed by atoms with E-state index in [9.17, 15) is 0 Å². The van der Waals surface area contributed by atoms with E-state index in [4.69, 9.17) is 0 Å². The largest absolute Gasteiger partial charge is 0.231 e. The van der Waals surface area contributed by atoms with Gasteiger partial charge in [0.05, 0.1) is 10.3 Å². The van der Waals surface area contributed by atoms with Crippen molar-refractivity contribution in [3.05, 3.63) is 6.67 Å². The molecule has 0 aliphatic rings. The topological polar surface area (TPSA) is 74.2 Å². The third kappa shape index (κ3) is 8.80. The monoisotopic (exact) mass is 185 g/mol. The highest BCUT2D eigenvalue weighted by molar-refractivity contribution is 7.78. The lowest BCUT2D eigenvalue weighted by Crippen LogP contribution is -1.56. The third-order valence-electron chi connectivity index (χ3n) is 0.378. The van der Waals surface area contributed by atoms with Crippen LogP contribution < -0.4 is 0 Å². The summed E-state index contributed by atoms with van der Waals surface area (Å²) in [5.74, 6) is 0. The molecule has 0 spiro atoms. The molecule has 11 heavy (non-hydrogen) atoms. The minimum Gasteiger partial charge on any atom is -0.134 e. The molecule has 0 aromatic heterocycles. The highest BCUT2D eigenvalue weighted by Crippen LogP contribution is 1.85. The first-order chi connectivity index (χ1) is 5.41. The second-order valence-electron chi connectivity index (χ2n) is 0.908. The Labute approximate surface area is 72.8 Å². The highest BCUT2D eigenvalue weighted by atomic mass is 32.1. The Morgan fingerprint density at radius 2 is 1.36 bits per heavy atom. The molecule has 0 aliphatic heterocycles. The van der Waals surface area contributed by atoms with Crippen molar-refractivity contribution in [3.63, 3.8) is 0 Å². The highest BCUT2D eigenvalue weighted by Gasteiger charge is 1.71. The van der Waals surface area contributed by atoms with Crippen molar-refractivity contribution in [2.75, 3.05) is 0 Å². The first-order valence-corrected chi connectivity index (χ1v) is 2.99. The second kappa shape index (κ2) is 8.80. The maximum Gasteiger partial charge on any atom is 0.231 e. The molecule has 0 rings (SSSR count). The van der Waals surface area contributed by atoms with Crippen LogP contribution in [-0.4, -0.2) is 10.3 Å². The Morgan fingerprint density at radius 1 is 0.909 bits per heavy atom. The van der Waals surface area contributed by atoms with Gasteiger partial charge in [0.2, 0.25) is 6.67 Å². The predicted molar refractivity (Wildman–Crippen MR) is 44.1 cm³/mol. The average Bonchev–Trinajstić information content (AvgIpc) is 2.03. The molecule has 0 heterocycles. The summed E-state index contributed by atoms with van der Waals surface area (Å²) in [5, 5.41) is 22.9. The summed E-state index contributed by atoms with van der Waals surface area (Å²) >= 11 is 8.38. The zero-order valence-electron chi connectivity index (χ0n) is 5.08. The van der Waals surface area contributed by atoms with E-state index in [2.05, 4.69) is 55.3 Å². The fourth-order valence-corrected chi connectivity index (χ4v) is 0.230. The van der Waals surface area contributed by atoms with Crippen LogP contribution in [0.3, 0.4) is 0 Å². The van der Waals surface area contributed by atoms with Gasteiger partial charge in [-0.25, -0.2) is 0 Å². The molecule has 0 fully saturated rings. The van der Waals surface area contributed by atoms with Gasteiger partial charge in [-0.05, 0) is 34.9 Å². The van der Waals surface area contributed by atoms with Gasteiger partial charge < -0.3 is 0 Å². The van der Waals surface area contributed by atoms with Crippen molar-refractivity contribution in [1.82, 2.24) is 0 Å². The van der Waals surface area contributed by atoms with Gasteiger partial charge in [0.15, 0.2) is 0 Å². The number of rotatable bonds is 4. The molecule has 0 aromatic rings. The molecule has 0 aliphatic carbocycles. The van der Waals surface area contributed by atoms with Crippen LogP contribution in [0.4, 0.5) is 0 Å². The average molecular weight is 185 g/mol. The maximum atomic E-state index is 4.19. The summed E-state index contributed by atoms with van der Waals surface area (Å²) in [6.07, 6.45) is 0. The normalized spacial score (nSPS) is 9.45. The summed E-state index contributed by atoms with van der Waals surface area (Å²) < 4.78 is 0. The van der Waals surface area contributed by atoms with Crippen LogP contribution in [-0.2, 0) is 0 Å². The van der Waals surface area contributed by atoms with E-state index in [1.807, 2.05) is 10.3 Å². The summed E-state index contributed by atoms with van der Waals surface area (Å²) in [6, 6.07) is 0. The standard InChI is InChI=1S/C3HN6S2/c10-2-6-8-4-1-5-9-7-3-11/h1H. The van der Waals surface area contributed by atoms with E-state index < -0.39 is 0 Å². The third-order valence-corrected chi connectivity index (χ3v) is 0.541. The smallest absolute Gasteiger partial charge is 0.134 e. The molecule has 0 saturated carbocycles. The minimum absolute atomic E-state index is 1.02. The molecule has 0 unspecified atom stereocenters. The number of hydrogen-bond donors (Lipinski definition) is 0. The summed E-state index contributed by atoms with van der Waals surface area (Å²) in [6.45, 7) is 1.02. The van der Waals surface area contributed by atoms with E-state index in [-0.39, 0.29) is 0 Å². The number of nitrogens with zero attached hydrogens (tertiary/aromatic N) is 6. The molecular formula is C3HN6S2.